The van der Waals surface area contributed by atoms with Crippen LogP contribution in [0, 0.1) is 0 Å². The molecule has 0 atom stereocenters. The van der Waals surface area contributed by atoms with Crippen LogP contribution >= 0.6 is 0 Å². The molecule has 0 saturated carbocycles. The fraction of sp³-hybridized carbons (Fsp3) is 0. The number of hydrogen-bond donors (Lipinski definition) is 4. The molecule has 1 rings (SSSR count). The zero-order valence-corrected chi connectivity index (χ0v) is 8.35. The lowest BCUT2D eigenvalue weighted by molar-refractivity contribution is 0.381. The van der Waals surface area contributed by atoms with E-state index in [1.54, 1.807) is 12.1 Å². The molecule has 0 heterocycles. The minimum atomic E-state index is -4.67. The van der Waals surface area contributed by atoms with Crippen molar-refractivity contribution in [2.45, 2.75) is 0 Å². The number of rotatable bonds is 1. The summed E-state index contributed by atoms with van der Waals surface area (Å²) in [4.78, 5) is 0. The molecule has 0 bridgehead atoms. The Morgan fingerprint density at radius 2 is 1.60 bits per heavy atom. The molecule has 0 aliphatic heterocycles. The van der Waals surface area contributed by atoms with E-state index in [0.29, 0.717) is 0 Å². The van der Waals surface area contributed by atoms with Gasteiger partial charge in [-0.25, -0.2) is 0 Å². The quantitative estimate of drug-likeness (QED) is 0.427. The van der Waals surface area contributed by atoms with Crippen LogP contribution in [0.4, 0.5) is 0 Å². The van der Waals surface area contributed by atoms with E-state index >= 15 is 0 Å². The number of phenolic OH excluding ortho intramolecular Hbond substituents is 2. The van der Waals surface area contributed by atoms with Crippen molar-refractivity contribution in [2.24, 2.45) is 0 Å². The van der Waals surface area contributed by atoms with Crippen LogP contribution in [0.25, 0.3) is 6.08 Å². The van der Waals surface area contributed by atoms with Crippen LogP contribution in [0.2, 0.25) is 0 Å². The standard InChI is InChI=1S/C8H8O2.H2O4S/c1-2-6-3-4-7(9)8(10)5-6;1-5(2,3)4/h2-5,9-10H,1H2;(H2,1,2,3,4). The van der Waals surface area contributed by atoms with Gasteiger partial charge < -0.3 is 10.2 Å². The molecule has 0 aliphatic carbocycles. The van der Waals surface area contributed by atoms with Crippen molar-refractivity contribution in [1.82, 2.24) is 0 Å². The highest BCUT2D eigenvalue weighted by molar-refractivity contribution is 7.79. The normalized spacial score (nSPS) is 10.0. The van der Waals surface area contributed by atoms with Crippen molar-refractivity contribution in [1.29, 1.82) is 0 Å². The summed E-state index contributed by atoms with van der Waals surface area (Å²) in [5.41, 5.74) is 0.787. The van der Waals surface area contributed by atoms with Gasteiger partial charge in [-0.1, -0.05) is 18.7 Å². The van der Waals surface area contributed by atoms with E-state index in [4.69, 9.17) is 27.7 Å². The summed E-state index contributed by atoms with van der Waals surface area (Å²) in [6.07, 6.45) is 1.60. The first kappa shape index (κ1) is 13.4. The van der Waals surface area contributed by atoms with E-state index < -0.39 is 10.4 Å². The van der Waals surface area contributed by atoms with Crippen LogP contribution < -0.4 is 0 Å². The minimum absolute atomic E-state index is 0.106. The average Bonchev–Trinajstić information content (AvgIpc) is 2.07. The lowest BCUT2D eigenvalue weighted by Gasteiger charge is -1.96. The van der Waals surface area contributed by atoms with Crippen LogP contribution in [0.5, 0.6) is 11.5 Å². The fourth-order valence-electron chi connectivity index (χ4n) is 0.667. The molecule has 6 nitrogen and oxygen atoms in total. The average molecular weight is 234 g/mol. The maximum atomic E-state index is 8.93. The zero-order valence-electron chi connectivity index (χ0n) is 7.53. The van der Waals surface area contributed by atoms with Gasteiger partial charge in [-0.3, -0.25) is 9.11 Å². The number of phenols is 2. The van der Waals surface area contributed by atoms with E-state index in [2.05, 4.69) is 6.58 Å². The van der Waals surface area contributed by atoms with Crippen LogP contribution in [-0.2, 0) is 10.4 Å². The predicted octanol–water partition coefficient (Wildman–Crippen LogP) is 1.09. The second kappa shape index (κ2) is 5.35. The van der Waals surface area contributed by atoms with Crippen molar-refractivity contribution in [3.63, 3.8) is 0 Å². The second-order valence-electron chi connectivity index (χ2n) is 2.40. The number of aromatic hydroxyl groups is 2. The topological polar surface area (TPSA) is 115 Å². The van der Waals surface area contributed by atoms with Gasteiger partial charge in [0.25, 0.3) is 0 Å². The molecule has 0 amide bonds. The van der Waals surface area contributed by atoms with Crippen LogP contribution in [0.3, 0.4) is 0 Å². The van der Waals surface area contributed by atoms with Gasteiger partial charge >= 0.3 is 10.4 Å². The van der Waals surface area contributed by atoms with Crippen molar-refractivity contribution in [3.05, 3.63) is 30.3 Å². The predicted molar refractivity (Wildman–Crippen MR) is 54.0 cm³/mol. The third-order valence-electron chi connectivity index (χ3n) is 1.24. The monoisotopic (exact) mass is 234 g/mol. The highest BCUT2D eigenvalue weighted by atomic mass is 32.3. The van der Waals surface area contributed by atoms with E-state index in [-0.39, 0.29) is 11.5 Å². The van der Waals surface area contributed by atoms with Crippen molar-refractivity contribution in [2.75, 3.05) is 0 Å². The molecule has 1 aromatic carbocycles. The van der Waals surface area contributed by atoms with E-state index in [0.717, 1.165) is 5.56 Å². The van der Waals surface area contributed by atoms with Crippen LogP contribution in [0.15, 0.2) is 24.8 Å². The molecule has 0 saturated heterocycles. The molecule has 0 unspecified atom stereocenters. The van der Waals surface area contributed by atoms with E-state index in [1.165, 1.54) is 12.1 Å². The fourth-order valence-corrected chi connectivity index (χ4v) is 0.667. The lowest BCUT2D eigenvalue weighted by atomic mass is 10.2. The van der Waals surface area contributed by atoms with Crippen molar-refractivity contribution >= 4 is 16.5 Å². The molecule has 0 radical (unpaired) electrons. The maximum Gasteiger partial charge on any atom is 0.394 e. The SMILES string of the molecule is C=Cc1ccc(O)c(O)c1.O=S(=O)(O)O. The minimum Gasteiger partial charge on any atom is -0.504 e. The van der Waals surface area contributed by atoms with Crippen molar-refractivity contribution < 1.29 is 27.7 Å². The summed E-state index contributed by atoms with van der Waals surface area (Å²) in [6, 6.07) is 4.54. The molecule has 0 spiro atoms. The van der Waals surface area contributed by atoms with Gasteiger partial charge in [-0.15, -0.1) is 0 Å². The molecular formula is C8H10O6S. The van der Waals surface area contributed by atoms with E-state index in [1.807, 2.05) is 0 Å². The Morgan fingerprint density at radius 1 is 1.13 bits per heavy atom. The summed E-state index contributed by atoms with van der Waals surface area (Å²) < 4.78 is 31.6. The third-order valence-corrected chi connectivity index (χ3v) is 1.24. The Balaban J connectivity index is 0.000000336. The van der Waals surface area contributed by atoms with Gasteiger partial charge in [-0.2, -0.15) is 8.42 Å². The summed E-state index contributed by atoms with van der Waals surface area (Å²) in [7, 11) is -4.67. The first-order valence-electron chi connectivity index (χ1n) is 3.58. The molecular weight excluding hydrogens is 224 g/mol. The Morgan fingerprint density at radius 3 is 1.93 bits per heavy atom. The highest BCUT2D eigenvalue weighted by Crippen LogP contribution is 2.24. The summed E-state index contributed by atoms with van der Waals surface area (Å²) in [5.74, 6) is -0.219. The highest BCUT2D eigenvalue weighted by Gasteiger charge is 1.96. The molecule has 0 aliphatic rings. The van der Waals surface area contributed by atoms with Gasteiger partial charge in [0.15, 0.2) is 11.5 Å². The Bertz CT molecular complexity index is 428. The molecule has 84 valence electrons. The summed E-state index contributed by atoms with van der Waals surface area (Å²) >= 11 is 0. The molecule has 4 N–H and O–H groups in total. The summed E-state index contributed by atoms with van der Waals surface area (Å²) in [6.45, 7) is 3.51. The molecule has 15 heavy (non-hydrogen) atoms. The van der Waals surface area contributed by atoms with Gasteiger partial charge in [-0.05, 0) is 17.7 Å². The van der Waals surface area contributed by atoms with Gasteiger partial charge in [0.05, 0.1) is 0 Å². The van der Waals surface area contributed by atoms with Gasteiger partial charge in [0.2, 0.25) is 0 Å². The summed E-state index contributed by atoms with van der Waals surface area (Å²) in [5, 5.41) is 17.8. The maximum absolute atomic E-state index is 8.93. The Kier molecular flexibility index (Phi) is 4.79. The van der Waals surface area contributed by atoms with Crippen molar-refractivity contribution in [3.8, 4) is 11.5 Å². The van der Waals surface area contributed by atoms with Gasteiger partial charge in [0.1, 0.15) is 0 Å². The van der Waals surface area contributed by atoms with Crippen LogP contribution in [-0.4, -0.2) is 27.7 Å². The smallest absolute Gasteiger partial charge is 0.394 e. The largest absolute Gasteiger partial charge is 0.504 e. The number of benzene rings is 1. The molecule has 1 aromatic rings. The third kappa shape index (κ3) is 7.50. The van der Waals surface area contributed by atoms with Gasteiger partial charge in [0, 0.05) is 0 Å². The lowest BCUT2D eigenvalue weighted by Crippen LogP contribution is -1.89. The number of hydrogen-bond acceptors (Lipinski definition) is 4. The molecule has 7 heteroatoms. The first-order chi connectivity index (χ1) is 6.74. The molecule has 0 aromatic heterocycles. The van der Waals surface area contributed by atoms with E-state index in [9.17, 15) is 0 Å². The Labute approximate surface area is 86.7 Å². The van der Waals surface area contributed by atoms with Crippen LogP contribution in [0.1, 0.15) is 5.56 Å². The first-order valence-corrected chi connectivity index (χ1v) is 4.98. The Hall–Kier alpha value is -1.57. The zero-order chi connectivity index (χ0) is 12.1. The molecule has 0 fully saturated rings. The second-order valence-corrected chi connectivity index (χ2v) is 3.30.